The van der Waals surface area contributed by atoms with Crippen LogP contribution in [0, 0.1) is 5.82 Å². The molecule has 2 rings (SSSR count). The Bertz CT molecular complexity index is 584. The van der Waals surface area contributed by atoms with Gasteiger partial charge in [0.2, 0.25) is 0 Å². The predicted molar refractivity (Wildman–Crippen MR) is 79.2 cm³/mol. The molecule has 0 aromatic heterocycles. The second kappa shape index (κ2) is 6.23. The lowest BCUT2D eigenvalue weighted by Gasteiger charge is -2.13. The van der Waals surface area contributed by atoms with E-state index in [9.17, 15) is 9.50 Å². The molecule has 0 saturated carbocycles. The highest BCUT2D eigenvalue weighted by Crippen LogP contribution is 2.29. The van der Waals surface area contributed by atoms with Crippen LogP contribution in [0.15, 0.2) is 40.9 Å². The van der Waals surface area contributed by atoms with E-state index in [1.807, 2.05) is 0 Å². The molecule has 1 nitrogen and oxygen atoms in total. The van der Waals surface area contributed by atoms with Gasteiger partial charge in [0.25, 0.3) is 0 Å². The molecule has 0 aliphatic rings. The van der Waals surface area contributed by atoms with E-state index < -0.39 is 11.9 Å². The Balaban J connectivity index is 2.25. The van der Waals surface area contributed by atoms with Crippen LogP contribution in [0.4, 0.5) is 4.39 Å². The third-order valence-electron chi connectivity index (χ3n) is 2.79. The van der Waals surface area contributed by atoms with Crippen LogP contribution in [0.1, 0.15) is 17.2 Å². The molecule has 0 fully saturated rings. The van der Waals surface area contributed by atoms with Crippen molar-refractivity contribution in [1.29, 1.82) is 0 Å². The highest BCUT2D eigenvalue weighted by molar-refractivity contribution is 9.10. The maximum atomic E-state index is 13.6. The Morgan fingerprint density at radius 3 is 2.53 bits per heavy atom. The van der Waals surface area contributed by atoms with Crippen molar-refractivity contribution in [2.75, 3.05) is 0 Å². The van der Waals surface area contributed by atoms with Crippen LogP contribution in [-0.2, 0) is 6.42 Å². The molecule has 19 heavy (non-hydrogen) atoms. The highest BCUT2D eigenvalue weighted by Gasteiger charge is 2.15. The fourth-order valence-corrected chi connectivity index (χ4v) is 2.51. The minimum Gasteiger partial charge on any atom is -0.388 e. The molecule has 0 bridgehead atoms. The molecule has 0 aliphatic heterocycles. The van der Waals surface area contributed by atoms with E-state index in [0.717, 1.165) is 0 Å². The monoisotopic (exact) mass is 362 g/mol. The van der Waals surface area contributed by atoms with Crippen molar-refractivity contribution in [2.45, 2.75) is 12.5 Å². The number of aliphatic hydroxyl groups excluding tert-OH is 1. The van der Waals surface area contributed by atoms with Crippen molar-refractivity contribution in [3.63, 3.8) is 0 Å². The number of hydrogen-bond acceptors (Lipinski definition) is 1. The van der Waals surface area contributed by atoms with Gasteiger partial charge in [-0.2, -0.15) is 0 Å². The average Bonchev–Trinajstić information content (AvgIpc) is 2.37. The van der Waals surface area contributed by atoms with Gasteiger partial charge in [-0.25, -0.2) is 4.39 Å². The van der Waals surface area contributed by atoms with E-state index in [-0.39, 0.29) is 6.42 Å². The average molecular weight is 364 g/mol. The van der Waals surface area contributed by atoms with E-state index in [0.29, 0.717) is 25.6 Å². The zero-order chi connectivity index (χ0) is 14.0. The fraction of sp³-hybridized carbons (Fsp3) is 0.143. The van der Waals surface area contributed by atoms with Gasteiger partial charge in [-0.15, -0.1) is 0 Å². The van der Waals surface area contributed by atoms with Crippen molar-refractivity contribution >= 4 is 39.1 Å². The van der Waals surface area contributed by atoms with Crippen molar-refractivity contribution in [2.24, 2.45) is 0 Å². The topological polar surface area (TPSA) is 20.2 Å². The van der Waals surface area contributed by atoms with Crippen molar-refractivity contribution in [3.05, 3.63) is 67.9 Å². The van der Waals surface area contributed by atoms with Crippen LogP contribution in [0.2, 0.25) is 10.0 Å². The molecule has 5 heteroatoms. The summed E-state index contributed by atoms with van der Waals surface area (Å²) in [5.41, 5.74) is 0.957. The Morgan fingerprint density at radius 1 is 1.16 bits per heavy atom. The second-order valence-corrected chi connectivity index (χ2v) is 5.76. The first-order valence-electron chi connectivity index (χ1n) is 5.55. The molecule has 0 heterocycles. The quantitative estimate of drug-likeness (QED) is 0.797. The number of benzene rings is 2. The first-order chi connectivity index (χ1) is 8.99. The van der Waals surface area contributed by atoms with Gasteiger partial charge in [0.15, 0.2) is 0 Å². The van der Waals surface area contributed by atoms with Gasteiger partial charge in [-0.1, -0.05) is 35.3 Å². The third kappa shape index (κ3) is 3.48. The van der Waals surface area contributed by atoms with Gasteiger partial charge in [0.05, 0.1) is 11.1 Å². The minimum absolute atomic E-state index is 0.111. The summed E-state index contributed by atoms with van der Waals surface area (Å²) in [5, 5.41) is 11.0. The van der Waals surface area contributed by atoms with Gasteiger partial charge in [-0.3, -0.25) is 0 Å². The lowest BCUT2D eigenvalue weighted by molar-refractivity contribution is 0.177. The standard InChI is InChI=1S/C14H10BrCl2FO/c15-10-6-8(4-5-12(10)17)14(19)7-9-11(16)2-1-3-13(9)18/h1-6,14,19H,7H2. The van der Waals surface area contributed by atoms with Crippen LogP contribution < -0.4 is 0 Å². The number of rotatable bonds is 3. The molecule has 0 aliphatic carbocycles. The smallest absolute Gasteiger partial charge is 0.127 e. The maximum absolute atomic E-state index is 13.6. The van der Waals surface area contributed by atoms with Gasteiger partial charge in [0.1, 0.15) is 5.82 Å². The van der Waals surface area contributed by atoms with E-state index in [2.05, 4.69) is 15.9 Å². The Kier molecular flexibility index (Phi) is 4.85. The molecular weight excluding hydrogens is 354 g/mol. The summed E-state index contributed by atoms with van der Waals surface area (Å²) < 4.78 is 14.3. The Hall–Kier alpha value is -0.610. The summed E-state index contributed by atoms with van der Waals surface area (Å²) in [6.45, 7) is 0. The molecular formula is C14H10BrCl2FO. The van der Waals surface area contributed by atoms with Gasteiger partial charge in [0, 0.05) is 21.5 Å². The van der Waals surface area contributed by atoms with Gasteiger partial charge < -0.3 is 5.11 Å². The van der Waals surface area contributed by atoms with Crippen LogP contribution in [0.25, 0.3) is 0 Å². The van der Waals surface area contributed by atoms with E-state index >= 15 is 0 Å². The lowest BCUT2D eigenvalue weighted by Crippen LogP contribution is -2.04. The molecule has 2 aromatic carbocycles. The van der Waals surface area contributed by atoms with Crippen molar-refractivity contribution < 1.29 is 9.50 Å². The number of halogens is 4. The minimum atomic E-state index is -0.844. The summed E-state index contributed by atoms with van der Waals surface area (Å²) in [5.74, 6) is -0.417. The SMILES string of the molecule is OC(Cc1c(F)cccc1Cl)c1ccc(Cl)c(Br)c1. The number of hydrogen-bond donors (Lipinski definition) is 1. The fourth-order valence-electron chi connectivity index (χ4n) is 1.76. The second-order valence-electron chi connectivity index (χ2n) is 4.09. The summed E-state index contributed by atoms with van der Waals surface area (Å²) in [4.78, 5) is 0. The Morgan fingerprint density at radius 2 is 1.89 bits per heavy atom. The summed E-state index contributed by atoms with van der Waals surface area (Å²) >= 11 is 15.1. The molecule has 1 N–H and O–H groups in total. The van der Waals surface area contributed by atoms with Crippen molar-refractivity contribution in [1.82, 2.24) is 0 Å². The molecule has 0 radical (unpaired) electrons. The van der Waals surface area contributed by atoms with Gasteiger partial charge >= 0.3 is 0 Å². The summed E-state index contributed by atoms with van der Waals surface area (Å²) in [6, 6.07) is 9.55. The zero-order valence-electron chi connectivity index (χ0n) is 9.71. The summed E-state index contributed by atoms with van der Waals surface area (Å²) in [6.07, 6.45) is -0.734. The molecule has 1 unspecified atom stereocenters. The Labute approximate surface area is 129 Å². The first-order valence-corrected chi connectivity index (χ1v) is 7.10. The normalized spacial score (nSPS) is 12.5. The molecule has 2 aromatic rings. The van der Waals surface area contributed by atoms with Gasteiger partial charge in [-0.05, 0) is 45.8 Å². The highest BCUT2D eigenvalue weighted by atomic mass is 79.9. The van der Waals surface area contributed by atoms with Crippen LogP contribution in [-0.4, -0.2) is 5.11 Å². The lowest BCUT2D eigenvalue weighted by atomic mass is 10.0. The number of aliphatic hydroxyl groups is 1. The predicted octanol–water partition coefficient (Wildman–Crippen LogP) is 5.17. The molecule has 100 valence electrons. The van der Waals surface area contributed by atoms with E-state index in [1.54, 1.807) is 24.3 Å². The van der Waals surface area contributed by atoms with Crippen LogP contribution in [0.3, 0.4) is 0 Å². The van der Waals surface area contributed by atoms with Crippen molar-refractivity contribution in [3.8, 4) is 0 Å². The van der Waals surface area contributed by atoms with Crippen LogP contribution in [0.5, 0.6) is 0 Å². The first kappa shape index (κ1) is 14.8. The van der Waals surface area contributed by atoms with E-state index in [1.165, 1.54) is 12.1 Å². The molecule has 0 saturated heterocycles. The molecule has 0 spiro atoms. The maximum Gasteiger partial charge on any atom is 0.127 e. The van der Waals surface area contributed by atoms with Crippen LogP contribution >= 0.6 is 39.1 Å². The molecule has 1 atom stereocenters. The molecule has 0 amide bonds. The summed E-state index contributed by atoms with van der Waals surface area (Å²) in [7, 11) is 0. The van der Waals surface area contributed by atoms with E-state index in [4.69, 9.17) is 23.2 Å². The third-order valence-corrected chi connectivity index (χ3v) is 4.36. The zero-order valence-corrected chi connectivity index (χ0v) is 12.8. The largest absolute Gasteiger partial charge is 0.388 e.